The van der Waals surface area contributed by atoms with E-state index >= 15 is 0 Å². The van der Waals surface area contributed by atoms with Crippen LogP contribution in [0.3, 0.4) is 0 Å². The van der Waals surface area contributed by atoms with Crippen molar-refractivity contribution in [3.05, 3.63) is 29.8 Å². The van der Waals surface area contributed by atoms with Gasteiger partial charge in [0.25, 0.3) is 0 Å². The number of nitrogens with zero attached hydrogens (tertiary/aromatic N) is 1. The zero-order valence-electron chi connectivity index (χ0n) is 9.80. The van der Waals surface area contributed by atoms with E-state index in [2.05, 4.69) is 0 Å². The molecule has 1 amide bonds. The van der Waals surface area contributed by atoms with Crippen LogP contribution in [0.5, 0.6) is 0 Å². The first-order chi connectivity index (χ1) is 7.56. The van der Waals surface area contributed by atoms with Crippen LogP contribution in [-0.2, 0) is 9.53 Å². The van der Waals surface area contributed by atoms with E-state index in [0.29, 0.717) is 0 Å². The number of carbonyl (C=O) groups excluding carboxylic acids is 1. The summed E-state index contributed by atoms with van der Waals surface area (Å²) in [6.07, 6.45) is -0.623. The average molecular weight is 223 g/mol. The standard InChI is InChI=1S/C12H17NO3/c1-9(14)13(2)11-6-4-10(5-7-11)12(15)8-16-3/h4-7,12,15H,8H2,1-3H3. The lowest BCUT2D eigenvalue weighted by Gasteiger charge is -2.16. The molecule has 1 aromatic carbocycles. The van der Waals surface area contributed by atoms with Crippen molar-refractivity contribution in [2.75, 3.05) is 25.7 Å². The molecule has 0 heterocycles. The molecular formula is C12H17NO3. The van der Waals surface area contributed by atoms with Crippen molar-refractivity contribution >= 4 is 11.6 Å². The van der Waals surface area contributed by atoms with Crippen molar-refractivity contribution in [2.24, 2.45) is 0 Å². The Hall–Kier alpha value is -1.39. The maximum absolute atomic E-state index is 11.1. The minimum atomic E-state index is -0.623. The topological polar surface area (TPSA) is 49.8 Å². The van der Waals surface area contributed by atoms with Gasteiger partial charge in [-0.05, 0) is 17.7 Å². The zero-order chi connectivity index (χ0) is 12.1. The van der Waals surface area contributed by atoms with Crippen LogP contribution >= 0.6 is 0 Å². The molecule has 1 atom stereocenters. The van der Waals surface area contributed by atoms with Crippen molar-refractivity contribution < 1.29 is 14.6 Å². The van der Waals surface area contributed by atoms with E-state index in [1.54, 1.807) is 43.3 Å². The lowest BCUT2D eigenvalue weighted by Crippen LogP contribution is -2.22. The second kappa shape index (κ2) is 5.63. The number of amides is 1. The zero-order valence-corrected chi connectivity index (χ0v) is 9.80. The molecule has 0 bridgehead atoms. The van der Waals surface area contributed by atoms with Crippen LogP contribution in [0.1, 0.15) is 18.6 Å². The van der Waals surface area contributed by atoms with Crippen molar-refractivity contribution in [2.45, 2.75) is 13.0 Å². The van der Waals surface area contributed by atoms with Gasteiger partial charge >= 0.3 is 0 Å². The molecule has 0 aliphatic heterocycles. The molecular weight excluding hydrogens is 206 g/mol. The van der Waals surface area contributed by atoms with Gasteiger partial charge in [-0.3, -0.25) is 4.79 Å². The van der Waals surface area contributed by atoms with Gasteiger partial charge in [0.15, 0.2) is 0 Å². The number of aliphatic hydroxyl groups excluding tert-OH is 1. The van der Waals surface area contributed by atoms with Gasteiger partial charge in [-0.25, -0.2) is 0 Å². The number of ether oxygens (including phenoxy) is 1. The number of hydrogen-bond acceptors (Lipinski definition) is 3. The summed E-state index contributed by atoms with van der Waals surface area (Å²) in [5, 5.41) is 9.65. The number of methoxy groups -OCH3 is 1. The van der Waals surface area contributed by atoms with Crippen LogP contribution in [0.15, 0.2) is 24.3 Å². The minimum Gasteiger partial charge on any atom is -0.386 e. The maximum atomic E-state index is 11.1. The van der Waals surface area contributed by atoms with Gasteiger partial charge in [-0.2, -0.15) is 0 Å². The summed E-state index contributed by atoms with van der Waals surface area (Å²) < 4.78 is 4.86. The minimum absolute atomic E-state index is 0.0230. The van der Waals surface area contributed by atoms with Gasteiger partial charge < -0.3 is 14.7 Å². The number of aliphatic hydroxyl groups is 1. The first kappa shape index (κ1) is 12.7. The number of anilines is 1. The lowest BCUT2D eigenvalue weighted by atomic mass is 10.1. The second-order valence-corrected chi connectivity index (χ2v) is 3.64. The van der Waals surface area contributed by atoms with Crippen LogP contribution in [0.2, 0.25) is 0 Å². The molecule has 4 nitrogen and oxygen atoms in total. The van der Waals surface area contributed by atoms with Crippen LogP contribution in [-0.4, -0.2) is 31.8 Å². The Bertz CT molecular complexity index is 348. The first-order valence-corrected chi connectivity index (χ1v) is 5.07. The fraction of sp³-hybridized carbons (Fsp3) is 0.417. The van der Waals surface area contributed by atoms with E-state index in [0.717, 1.165) is 11.3 Å². The molecule has 0 aliphatic carbocycles. The van der Waals surface area contributed by atoms with E-state index in [1.165, 1.54) is 6.92 Å². The van der Waals surface area contributed by atoms with Crippen LogP contribution in [0, 0.1) is 0 Å². The predicted octanol–water partition coefficient (Wildman–Crippen LogP) is 1.35. The fourth-order valence-electron chi connectivity index (χ4n) is 1.36. The monoisotopic (exact) mass is 223 g/mol. The molecule has 0 aliphatic rings. The highest BCUT2D eigenvalue weighted by Gasteiger charge is 2.09. The number of hydrogen-bond donors (Lipinski definition) is 1. The van der Waals surface area contributed by atoms with Crippen LogP contribution in [0.25, 0.3) is 0 Å². The molecule has 0 saturated carbocycles. The molecule has 1 aromatic rings. The molecule has 16 heavy (non-hydrogen) atoms. The third-order valence-electron chi connectivity index (χ3n) is 2.46. The molecule has 0 radical (unpaired) electrons. The molecule has 0 spiro atoms. The lowest BCUT2D eigenvalue weighted by molar-refractivity contribution is -0.116. The Morgan fingerprint density at radius 2 is 2.00 bits per heavy atom. The number of benzene rings is 1. The Labute approximate surface area is 95.5 Å². The molecule has 1 rings (SSSR count). The normalized spacial score (nSPS) is 12.2. The predicted molar refractivity (Wildman–Crippen MR) is 62.4 cm³/mol. The quantitative estimate of drug-likeness (QED) is 0.838. The number of carbonyl (C=O) groups is 1. The van der Waals surface area contributed by atoms with Crippen LogP contribution < -0.4 is 4.90 Å². The highest BCUT2D eigenvalue weighted by Crippen LogP contribution is 2.18. The highest BCUT2D eigenvalue weighted by molar-refractivity contribution is 5.90. The van der Waals surface area contributed by atoms with Gasteiger partial charge in [0.05, 0.1) is 6.61 Å². The molecule has 88 valence electrons. The van der Waals surface area contributed by atoms with Gasteiger partial charge in [-0.15, -0.1) is 0 Å². The van der Waals surface area contributed by atoms with E-state index in [-0.39, 0.29) is 12.5 Å². The smallest absolute Gasteiger partial charge is 0.223 e. The van der Waals surface area contributed by atoms with Gasteiger partial charge in [0.2, 0.25) is 5.91 Å². The van der Waals surface area contributed by atoms with E-state index in [1.807, 2.05) is 0 Å². The van der Waals surface area contributed by atoms with Crippen molar-refractivity contribution in [3.63, 3.8) is 0 Å². The molecule has 0 aromatic heterocycles. The number of rotatable bonds is 4. The van der Waals surface area contributed by atoms with Crippen molar-refractivity contribution in [3.8, 4) is 0 Å². The molecule has 4 heteroatoms. The van der Waals surface area contributed by atoms with E-state index in [4.69, 9.17) is 4.74 Å². The largest absolute Gasteiger partial charge is 0.386 e. The summed E-state index contributed by atoms with van der Waals surface area (Å²) in [5.74, 6) is -0.0230. The molecule has 0 saturated heterocycles. The summed E-state index contributed by atoms with van der Waals surface area (Å²) in [6, 6.07) is 7.18. The van der Waals surface area contributed by atoms with Gasteiger partial charge in [0, 0.05) is 26.8 Å². The van der Waals surface area contributed by atoms with Gasteiger partial charge in [-0.1, -0.05) is 12.1 Å². The van der Waals surface area contributed by atoms with E-state index in [9.17, 15) is 9.90 Å². The van der Waals surface area contributed by atoms with E-state index < -0.39 is 6.10 Å². The maximum Gasteiger partial charge on any atom is 0.223 e. The molecule has 1 unspecified atom stereocenters. The summed E-state index contributed by atoms with van der Waals surface area (Å²) >= 11 is 0. The third-order valence-corrected chi connectivity index (χ3v) is 2.46. The molecule has 1 N–H and O–H groups in total. The summed E-state index contributed by atoms with van der Waals surface area (Å²) in [5.41, 5.74) is 1.59. The fourth-order valence-corrected chi connectivity index (χ4v) is 1.36. The Balaban J connectivity index is 2.78. The average Bonchev–Trinajstić information content (AvgIpc) is 2.28. The SMILES string of the molecule is COCC(O)c1ccc(N(C)C(C)=O)cc1. The highest BCUT2D eigenvalue weighted by atomic mass is 16.5. The van der Waals surface area contributed by atoms with Crippen molar-refractivity contribution in [1.29, 1.82) is 0 Å². The van der Waals surface area contributed by atoms with Crippen molar-refractivity contribution in [1.82, 2.24) is 0 Å². The first-order valence-electron chi connectivity index (χ1n) is 5.07. The summed E-state index contributed by atoms with van der Waals surface area (Å²) in [6.45, 7) is 1.77. The Morgan fingerprint density at radius 1 is 1.44 bits per heavy atom. The van der Waals surface area contributed by atoms with Crippen LogP contribution in [0.4, 0.5) is 5.69 Å². The summed E-state index contributed by atoms with van der Waals surface area (Å²) in [7, 11) is 3.25. The Morgan fingerprint density at radius 3 is 2.44 bits per heavy atom. The summed E-state index contributed by atoms with van der Waals surface area (Å²) in [4.78, 5) is 12.7. The molecule has 0 fully saturated rings. The Kier molecular flexibility index (Phi) is 4.46. The van der Waals surface area contributed by atoms with Gasteiger partial charge in [0.1, 0.15) is 6.10 Å². The second-order valence-electron chi connectivity index (χ2n) is 3.64. The third kappa shape index (κ3) is 3.05.